The lowest BCUT2D eigenvalue weighted by Crippen LogP contribution is -2.26. The van der Waals surface area contributed by atoms with Gasteiger partial charge in [-0.25, -0.2) is 8.42 Å². The van der Waals surface area contributed by atoms with Crippen LogP contribution < -0.4 is 4.74 Å². The van der Waals surface area contributed by atoms with Crippen molar-refractivity contribution in [1.29, 1.82) is 0 Å². The highest BCUT2D eigenvalue weighted by molar-refractivity contribution is 7.91. The molecule has 0 aliphatic carbocycles. The maximum Gasteiger partial charge on any atom is 0.253 e. The molecule has 3 rings (SSSR count). The van der Waals surface area contributed by atoms with Crippen LogP contribution in [0.2, 0.25) is 0 Å². The molecule has 0 spiro atoms. The minimum atomic E-state index is -2.98. The monoisotopic (exact) mass is 419 g/mol. The Morgan fingerprint density at radius 2 is 1.93 bits per heavy atom. The summed E-state index contributed by atoms with van der Waals surface area (Å²) in [5.74, 6) is 0.989. The number of carbonyl (C=O) groups excluding carboxylic acids is 1. The molecule has 1 fully saturated rings. The molecule has 1 atom stereocenters. The van der Waals surface area contributed by atoms with Gasteiger partial charge in [0.05, 0.1) is 29.3 Å². The van der Waals surface area contributed by atoms with Crippen molar-refractivity contribution in [1.82, 2.24) is 14.7 Å². The molecule has 0 saturated carbocycles. The van der Waals surface area contributed by atoms with E-state index in [4.69, 9.17) is 4.74 Å². The second-order valence-electron chi connectivity index (χ2n) is 8.00. The number of aryl methyl sites for hydroxylation is 1. The Hall–Kier alpha value is -2.35. The van der Waals surface area contributed by atoms with E-state index in [-0.39, 0.29) is 29.6 Å². The van der Waals surface area contributed by atoms with Gasteiger partial charge in [0.1, 0.15) is 5.75 Å². The van der Waals surface area contributed by atoms with Gasteiger partial charge in [0.15, 0.2) is 9.84 Å². The van der Waals surface area contributed by atoms with E-state index < -0.39 is 9.84 Å². The van der Waals surface area contributed by atoms with Crippen LogP contribution in [-0.4, -0.2) is 53.7 Å². The van der Waals surface area contributed by atoms with E-state index in [0.29, 0.717) is 18.5 Å². The standard InChI is InChI=1S/C21H29N3O4S/c1-14(2)28-19-8-6-17(7-9-19)21(25)23(5)12-20-15(3)22-24(16(20)4)18-10-11-29(26,27)13-18/h6-9,14,18H,10-13H2,1-5H3/t18-/m1/s1. The summed E-state index contributed by atoms with van der Waals surface area (Å²) in [6, 6.07) is 7.01. The molecule has 8 heteroatoms. The van der Waals surface area contributed by atoms with Gasteiger partial charge in [0.2, 0.25) is 0 Å². The summed E-state index contributed by atoms with van der Waals surface area (Å²) in [5.41, 5.74) is 3.30. The van der Waals surface area contributed by atoms with Crippen LogP contribution in [0, 0.1) is 13.8 Å². The Morgan fingerprint density at radius 1 is 1.28 bits per heavy atom. The molecule has 29 heavy (non-hydrogen) atoms. The molecule has 158 valence electrons. The number of aromatic nitrogens is 2. The van der Waals surface area contributed by atoms with Gasteiger partial charge in [-0.15, -0.1) is 0 Å². The fourth-order valence-corrected chi connectivity index (χ4v) is 5.42. The zero-order valence-electron chi connectivity index (χ0n) is 17.7. The van der Waals surface area contributed by atoms with Crippen LogP contribution in [-0.2, 0) is 16.4 Å². The largest absolute Gasteiger partial charge is 0.491 e. The Morgan fingerprint density at radius 3 is 2.48 bits per heavy atom. The minimum absolute atomic E-state index is 0.0802. The Labute approximate surface area is 172 Å². The predicted molar refractivity (Wildman–Crippen MR) is 112 cm³/mol. The number of carbonyl (C=O) groups is 1. The molecule has 0 unspecified atom stereocenters. The molecule has 0 N–H and O–H groups in total. The number of ether oxygens (including phenoxy) is 1. The second-order valence-corrected chi connectivity index (χ2v) is 10.2. The molecule has 1 aromatic carbocycles. The summed E-state index contributed by atoms with van der Waals surface area (Å²) in [6.45, 7) is 8.17. The summed E-state index contributed by atoms with van der Waals surface area (Å²) in [6.07, 6.45) is 0.667. The number of amides is 1. The van der Waals surface area contributed by atoms with E-state index in [1.807, 2.05) is 32.4 Å². The number of rotatable bonds is 6. The van der Waals surface area contributed by atoms with Gasteiger partial charge in [-0.3, -0.25) is 9.48 Å². The molecule has 1 aliphatic rings. The van der Waals surface area contributed by atoms with E-state index in [9.17, 15) is 13.2 Å². The zero-order valence-corrected chi connectivity index (χ0v) is 18.5. The van der Waals surface area contributed by atoms with Crippen LogP contribution in [0.15, 0.2) is 24.3 Å². The van der Waals surface area contributed by atoms with Crippen LogP contribution >= 0.6 is 0 Å². The number of benzene rings is 1. The highest BCUT2D eigenvalue weighted by atomic mass is 32.2. The van der Waals surface area contributed by atoms with Crippen molar-refractivity contribution in [3.05, 3.63) is 46.8 Å². The Balaban J connectivity index is 1.73. The first-order valence-electron chi connectivity index (χ1n) is 9.84. The first-order valence-corrected chi connectivity index (χ1v) is 11.7. The summed E-state index contributed by atoms with van der Waals surface area (Å²) in [7, 11) is -1.22. The van der Waals surface area contributed by atoms with Crippen molar-refractivity contribution in [3.63, 3.8) is 0 Å². The van der Waals surface area contributed by atoms with Gasteiger partial charge in [-0.05, 0) is 58.4 Å². The average molecular weight is 420 g/mol. The SMILES string of the molecule is Cc1nn([C@@H]2CCS(=O)(=O)C2)c(C)c1CN(C)C(=O)c1ccc(OC(C)C)cc1. The molecule has 1 aliphatic heterocycles. The van der Waals surface area contributed by atoms with Crippen LogP contribution in [0.4, 0.5) is 0 Å². The topological polar surface area (TPSA) is 81.5 Å². The van der Waals surface area contributed by atoms with Crippen molar-refractivity contribution >= 4 is 15.7 Å². The molecule has 1 saturated heterocycles. The molecular formula is C21H29N3O4S. The third-order valence-corrected chi connectivity index (χ3v) is 6.99. The summed E-state index contributed by atoms with van der Waals surface area (Å²) in [5, 5.41) is 4.58. The average Bonchev–Trinajstić information content (AvgIpc) is 3.14. The van der Waals surface area contributed by atoms with Gasteiger partial charge >= 0.3 is 0 Å². The van der Waals surface area contributed by atoms with Crippen molar-refractivity contribution in [2.75, 3.05) is 18.6 Å². The van der Waals surface area contributed by atoms with E-state index in [0.717, 1.165) is 22.7 Å². The molecular weight excluding hydrogens is 390 g/mol. The number of hydrogen-bond acceptors (Lipinski definition) is 5. The molecule has 2 aromatic rings. The summed E-state index contributed by atoms with van der Waals surface area (Å²) < 4.78 is 31.1. The Kier molecular flexibility index (Phi) is 6.03. The number of nitrogens with zero attached hydrogens (tertiary/aromatic N) is 3. The lowest BCUT2D eigenvalue weighted by atomic mass is 10.1. The van der Waals surface area contributed by atoms with E-state index in [1.54, 1.807) is 36.2 Å². The van der Waals surface area contributed by atoms with Crippen LogP contribution in [0.3, 0.4) is 0 Å². The quantitative estimate of drug-likeness (QED) is 0.719. The highest BCUT2D eigenvalue weighted by Gasteiger charge is 2.31. The summed E-state index contributed by atoms with van der Waals surface area (Å²) >= 11 is 0. The normalized spacial score (nSPS) is 18.2. The third kappa shape index (κ3) is 4.80. The molecule has 1 aromatic heterocycles. The van der Waals surface area contributed by atoms with Gasteiger partial charge in [-0.1, -0.05) is 0 Å². The number of hydrogen-bond donors (Lipinski definition) is 0. The molecule has 0 radical (unpaired) electrons. The first-order chi connectivity index (χ1) is 13.6. The summed E-state index contributed by atoms with van der Waals surface area (Å²) in [4.78, 5) is 14.5. The lowest BCUT2D eigenvalue weighted by molar-refractivity contribution is 0.0784. The van der Waals surface area contributed by atoms with Crippen LogP contribution in [0.5, 0.6) is 5.75 Å². The van der Waals surface area contributed by atoms with Crippen molar-refractivity contribution in [3.8, 4) is 5.75 Å². The minimum Gasteiger partial charge on any atom is -0.491 e. The van der Waals surface area contributed by atoms with Crippen molar-refractivity contribution < 1.29 is 17.9 Å². The van der Waals surface area contributed by atoms with Gasteiger partial charge in [0.25, 0.3) is 5.91 Å². The maximum absolute atomic E-state index is 12.8. The molecule has 0 bridgehead atoms. The third-order valence-electron chi connectivity index (χ3n) is 5.24. The van der Waals surface area contributed by atoms with Crippen molar-refractivity contribution in [2.45, 2.75) is 52.8 Å². The number of sulfone groups is 1. The van der Waals surface area contributed by atoms with E-state index >= 15 is 0 Å². The molecule has 2 heterocycles. The predicted octanol–water partition coefficient (Wildman–Crippen LogP) is 2.92. The second kappa shape index (κ2) is 8.18. The maximum atomic E-state index is 12.8. The fourth-order valence-electron chi connectivity index (χ4n) is 3.73. The van der Waals surface area contributed by atoms with Crippen LogP contribution in [0.25, 0.3) is 0 Å². The Bertz CT molecular complexity index is 994. The van der Waals surface area contributed by atoms with E-state index in [1.165, 1.54) is 0 Å². The molecule has 7 nitrogen and oxygen atoms in total. The zero-order chi connectivity index (χ0) is 21.3. The first kappa shape index (κ1) is 21.4. The van der Waals surface area contributed by atoms with Crippen LogP contribution in [0.1, 0.15) is 53.6 Å². The van der Waals surface area contributed by atoms with E-state index in [2.05, 4.69) is 5.10 Å². The molecule has 1 amide bonds. The van der Waals surface area contributed by atoms with Gasteiger partial charge < -0.3 is 9.64 Å². The smallest absolute Gasteiger partial charge is 0.253 e. The van der Waals surface area contributed by atoms with Gasteiger partial charge in [0, 0.05) is 30.4 Å². The highest BCUT2D eigenvalue weighted by Crippen LogP contribution is 2.27. The lowest BCUT2D eigenvalue weighted by Gasteiger charge is -2.18. The fraction of sp³-hybridized carbons (Fsp3) is 0.524. The van der Waals surface area contributed by atoms with Crippen molar-refractivity contribution in [2.24, 2.45) is 0 Å². The van der Waals surface area contributed by atoms with Gasteiger partial charge in [-0.2, -0.15) is 5.10 Å².